The van der Waals surface area contributed by atoms with Crippen LogP contribution >= 0.6 is 0 Å². The van der Waals surface area contributed by atoms with E-state index in [0.29, 0.717) is 41.7 Å². The first-order valence-corrected chi connectivity index (χ1v) is 12.2. The number of ether oxygens (including phenoxy) is 1. The van der Waals surface area contributed by atoms with Gasteiger partial charge < -0.3 is 20.1 Å². The van der Waals surface area contributed by atoms with Crippen LogP contribution in [0.3, 0.4) is 0 Å². The van der Waals surface area contributed by atoms with Crippen LogP contribution in [0.2, 0.25) is 0 Å². The Balaban J connectivity index is 1.34. The summed E-state index contributed by atoms with van der Waals surface area (Å²) in [7, 11) is 0. The second-order valence-electron chi connectivity index (χ2n) is 10.2. The summed E-state index contributed by atoms with van der Waals surface area (Å²) in [6.45, 7) is 6.64. The molecule has 2 aliphatic heterocycles. The summed E-state index contributed by atoms with van der Waals surface area (Å²) in [5.74, 6) is 1.08. The monoisotopic (exact) mass is 503 g/mol. The van der Waals surface area contributed by atoms with Crippen molar-refractivity contribution >= 4 is 22.8 Å². The Bertz CT molecular complexity index is 1260. The van der Waals surface area contributed by atoms with Crippen molar-refractivity contribution < 1.29 is 23.0 Å². The first-order valence-electron chi connectivity index (χ1n) is 12.2. The molecule has 1 aliphatic carbocycles. The number of rotatable bonds is 5. The summed E-state index contributed by atoms with van der Waals surface area (Å²) in [6.07, 6.45) is -1.71. The second-order valence-corrected chi connectivity index (χ2v) is 10.2. The summed E-state index contributed by atoms with van der Waals surface area (Å²) in [5, 5.41) is 18.5. The van der Waals surface area contributed by atoms with E-state index in [1.165, 1.54) is 10.7 Å². The zero-order chi connectivity index (χ0) is 25.1. The van der Waals surface area contributed by atoms with Crippen molar-refractivity contribution in [3.63, 3.8) is 0 Å². The highest BCUT2D eigenvalue weighted by Crippen LogP contribution is 2.36. The van der Waals surface area contributed by atoms with Crippen molar-refractivity contribution in [3.05, 3.63) is 36.0 Å². The van der Waals surface area contributed by atoms with Crippen LogP contribution in [0.1, 0.15) is 25.3 Å². The van der Waals surface area contributed by atoms with Crippen molar-refractivity contribution in [2.75, 3.05) is 49.6 Å². The number of alkyl halides is 3. The van der Waals surface area contributed by atoms with Crippen LogP contribution in [0.15, 0.2) is 30.5 Å². The number of hydrogen-bond donors (Lipinski definition) is 2. The van der Waals surface area contributed by atoms with Gasteiger partial charge in [-0.2, -0.15) is 28.2 Å². The molecule has 9 nitrogen and oxygen atoms in total. The van der Waals surface area contributed by atoms with E-state index in [2.05, 4.69) is 25.2 Å². The van der Waals surface area contributed by atoms with E-state index in [0.717, 1.165) is 51.5 Å². The fourth-order valence-electron chi connectivity index (χ4n) is 5.29. The van der Waals surface area contributed by atoms with Gasteiger partial charge in [-0.15, -0.1) is 0 Å². The number of morpholine rings is 1. The van der Waals surface area contributed by atoms with Gasteiger partial charge in [0, 0.05) is 38.3 Å². The van der Waals surface area contributed by atoms with Crippen molar-refractivity contribution in [1.29, 1.82) is 0 Å². The van der Waals surface area contributed by atoms with Crippen LogP contribution < -0.4 is 10.2 Å². The average molecular weight is 504 g/mol. The van der Waals surface area contributed by atoms with E-state index in [4.69, 9.17) is 9.72 Å². The molecule has 0 bridgehead atoms. The van der Waals surface area contributed by atoms with Crippen LogP contribution in [-0.2, 0) is 10.9 Å². The molecule has 1 aromatic carbocycles. The van der Waals surface area contributed by atoms with E-state index in [9.17, 15) is 18.3 Å². The molecule has 2 saturated heterocycles. The number of nitrogens with zero attached hydrogens (tertiary/aromatic N) is 6. The number of anilines is 2. The summed E-state index contributed by atoms with van der Waals surface area (Å²) < 4.78 is 46.9. The lowest BCUT2D eigenvalue weighted by Gasteiger charge is -2.47. The number of benzene rings is 1. The molecule has 3 fully saturated rings. The van der Waals surface area contributed by atoms with Gasteiger partial charge in [0.2, 0.25) is 5.95 Å². The molecule has 0 spiro atoms. The maximum atomic E-state index is 13.3. The number of nitrogens with one attached hydrogen (secondary N) is 1. The van der Waals surface area contributed by atoms with Crippen molar-refractivity contribution in [2.45, 2.75) is 43.6 Å². The van der Waals surface area contributed by atoms with Gasteiger partial charge in [-0.3, -0.25) is 4.90 Å². The predicted molar refractivity (Wildman–Crippen MR) is 127 cm³/mol. The maximum Gasteiger partial charge on any atom is 0.416 e. The average Bonchev–Trinajstić information content (AvgIpc) is 3.21. The largest absolute Gasteiger partial charge is 0.416 e. The Morgan fingerprint density at radius 3 is 2.58 bits per heavy atom. The second kappa shape index (κ2) is 8.56. The SMILES string of the molecule is C[C@]1(O)C[C@@H](Nc2nc(N3CC(N4CCOCC4)C3)c3cnn(-c4cccc(C(F)(F)F)c4)c3n2)C1. The highest BCUT2D eigenvalue weighted by atomic mass is 19.4. The van der Waals surface area contributed by atoms with E-state index in [1.54, 1.807) is 19.2 Å². The minimum absolute atomic E-state index is 0.0210. The Morgan fingerprint density at radius 1 is 1.14 bits per heavy atom. The fraction of sp³-hybridized carbons (Fsp3) is 0.542. The van der Waals surface area contributed by atoms with Gasteiger partial charge in [0.05, 0.1) is 41.6 Å². The van der Waals surface area contributed by atoms with Crippen LogP contribution in [-0.4, -0.2) is 86.8 Å². The van der Waals surface area contributed by atoms with Crippen molar-refractivity contribution in [1.82, 2.24) is 24.6 Å². The Kier molecular flexibility index (Phi) is 5.58. The van der Waals surface area contributed by atoms with E-state index >= 15 is 0 Å². The van der Waals surface area contributed by atoms with E-state index < -0.39 is 17.3 Å². The highest BCUT2D eigenvalue weighted by molar-refractivity contribution is 5.89. The van der Waals surface area contributed by atoms with Crippen molar-refractivity contribution in [3.8, 4) is 5.69 Å². The molecule has 0 amide bonds. The van der Waals surface area contributed by atoms with Gasteiger partial charge in [-0.1, -0.05) is 6.07 Å². The highest BCUT2D eigenvalue weighted by Gasteiger charge is 2.39. The van der Waals surface area contributed by atoms with Crippen LogP contribution in [0.25, 0.3) is 16.7 Å². The number of hydrogen-bond acceptors (Lipinski definition) is 8. The Hall–Kier alpha value is -2.96. The summed E-state index contributed by atoms with van der Waals surface area (Å²) in [4.78, 5) is 14.0. The lowest BCUT2D eigenvalue weighted by Crippen LogP contribution is -2.61. The standard InChI is InChI=1S/C24H28F3N7O2/c1-23(35)10-16(11-23)29-22-30-20(33-13-18(14-33)32-5-7-36-8-6-32)19-12-28-34(21(19)31-22)17-4-2-3-15(9-17)24(25,26)27/h2-4,9,12,16,18,35H,5-8,10-11,13-14H2,1H3,(H,29,30,31)/t16-,23+. The maximum absolute atomic E-state index is 13.3. The summed E-state index contributed by atoms with van der Waals surface area (Å²) in [6, 6.07) is 5.48. The molecular formula is C24H28F3N7O2. The first kappa shape index (κ1) is 23.4. The summed E-state index contributed by atoms with van der Waals surface area (Å²) in [5.41, 5.74) is -0.753. The molecule has 12 heteroatoms. The normalized spacial score (nSPS) is 25.6. The zero-order valence-electron chi connectivity index (χ0n) is 19.9. The molecule has 3 aliphatic rings. The molecule has 192 valence electrons. The molecule has 0 atom stereocenters. The van der Waals surface area contributed by atoms with Gasteiger partial charge in [-0.25, -0.2) is 4.68 Å². The van der Waals surface area contributed by atoms with Crippen LogP contribution in [0.4, 0.5) is 24.9 Å². The predicted octanol–water partition coefficient (Wildman–Crippen LogP) is 2.68. The molecular weight excluding hydrogens is 475 g/mol. The molecule has 6 rings (SSSR count). The Labute approximate surface area is 205 Å². The van der Waals surface area contributed by atoms with E-state index in [1.807, 2.05) is 0 Å². The molecule has 0 unspecified atom stereocenters. The minimum Gasteiger partial charge on any atom is -0.390 e. The quantitative estimate of drug-likeness (QED) is 0.549. The van der Waals surface area contributed by atoms with E-state index in [-0.39, 0.29) is 11.7 Å². The van der Waals surface area contributed by atoms with Gasteiger partial charge in [-0.05, 0) is 38.0 Å². The Morgan fingerprint density at radius 2 is 1.89 bits per heavy atom. The third-order valence-corrected chi connectivity index (χ3v) is 7.26. The number of aliphatic hydroxyl groups is 1. The van der Waals surface area contributed by atoms with Gasteiger partial charge in [0.15, 0.2) is 5.65 Å². The topological polar surface area (TPSA) is 91.6 Å². The van der Waals surface area contributed by atoms with Gasteiger partial charge in [0.1, 0.15) is 5.82 Å². The molecule has 36 heavy (non-hydrogen) atoms. The van der Waals surface area contributed by atoms with Crippen LogP contribution in [0, 0.1) is 0 Å². The first-order chi connectivity index (χ1) is 17.2. The molecule has 1 saturated carbocycles. The number of aromatic nitrogens is 4. The lowest BCUT2D eigenvalue weighted by atomic mass is 9.77. The molecule has 4 heterocycles. The lowest BCUT2D eigenvalue weighted by molar-refractivity contribution is -0.137. The molecule has 2 aromatic heterocycles. The summed E-state index contributed by atoms with van der Waals surface area (Å²) >= 11 is 0. The number of fused-ring (bicyclic) bond motifs is 1. The van der Waals surface area contributed by atoms with Gasteiger partial charge >= 0.3 is 6.18 Å². The third-order valence-electron chi connectivity index (χ3n) is 7.26. The minimum atomic E-state index is -4.46. The molecule has 3 aromatic rings. The smallest absolute Gasteiger partial charge is 0.390 e. The number of halogens is 3. The zero-order valence-corrected chi connectivity index (χ0v) is 19.9. The van der Waals surface area contributed by atoms with Crippen molar-refractivity contribution in [2.24, 2.45) is 0 Å². The fourth-order valence-corrected chi connectivity index (χ4v) is 5.29. The molecule has 0 radical (unpaired) electrons. The third kappa shape index (κ3) is 4.37. The molecule has 2 N–H and O–H groups in total. The van der Waals surface area contributed by atoms with Gasteiger partial charge in [0.25, 0.3) is 0 Å². The van der Waals surface area contributed by atoms with Crippen LogP contribution in [0.5, 0.6) is 0 Å².